The normalized spacial score (nSPS) is 15.8. The van der Waals surface area contributed by atoms with Crippen LogP contribution in [-0.4, -0.2) is 33.3 Å². The number of hydrogen-bond donors (Lipinski definition) is 0. The highest BCUT2D eigenvalue weighted by molar-refractivity contribution is 6.38. The number of ketones is 1. The number of hydrazone groups is 1. The Morgan fingerprint density at radius 1 is 1.03 bits per heavy atom. The highest BCUT2D eigenvalue weighted by Gasteiger charge is 2.34. The highest BCUT2D eigenvalue weighted by atomic mass is 16.5. The second-order valence-corrected chi connectivity index (χ2v) is 6.75. The molecular weight excluding hydrogens is 368 g/mol. The van der Waals surface area contributed by atoms with Gasteiger partial charge in [-0.15, -0.1) is 0 Å². The van der Waals surface area contributed by atoms with Crippen LogP contribution in [0.5, 0.6) is 0 Å². The van der Waals surface area contributed by atoms with Crippen molar-refractivity contribution in [1.29, 1.82) is 0 Å². The summed E-state index contributed by atoms with van der Waals surface area (Å²) in [5.74, 6) is -0.555. The molecule has 29 heavy (non-hydrogen) atoms. The minimum Gasteiger partial charge on any atom is -0.456 e. The average Bonchev–Trinajstić information content (AvgIpc) is 3.43. The lowest BCUT2D eigenvalue weighted by Gasteiger charge is -2.20. The van der Waals surface area contributed by atoms with Crippen molar-refractivity contribution >= 4 is 23.2 Å². The number of rotatable bonds is 6. The molecule has 1 aromatic heterocycles. The van der Waals surface area contributed by atoms with Crippen LogP contribution in [0.15, 0.2) is 78.2 Å². The van der Waals surface area contributed by atoms with Gasteiger partial charge in [-0.3, -0.25) is 9.80 Å². The first-order chi connectivity index (χ1) is 14.1. The zero-order valence-corrected chi connectivity index (χ0v) is 15.9. The Morgan fingerprint density at radius 3 is 2.45 bits per heavy atom. The van der Waals surface area contributed by atoms with E-state index in [4.69, 9.17) is 4.74 Å². The molecule has 0 aliphatic carbocycles. The zero-order chi connectivity index (χ0) is 20.2. The number of aromatic nitrogens is 2. The van der Waals surface area contributed by atoms with E-state index >= 15 is 0 Å². The van der Waals surface area contributed by atoms with Crippen LogP contribution in [-0.2, 0) is 20.9 Å². The third-order valence-electron chi connectivity index (χ3n) is 4.71. The summed E-state index contributed by atoms with van der Waals surface area (Å²) in [7, 11) is 0. The summed E-state index contributed by atoms with van der Waals surface area (Å²) < 4.78 is 7.18. The molecule has 7 heteroatoms. The van der Waals surface area contributed by atoms with Crippen molar-refractivity contribution in [3.8, 4) is 5.69 Å². The van der Waals surface area contributed by atoms with E-state index in [0.29, 0.717) is 0 Å². The quantitative estimate of drug-likeness (QED) is 0.607. The summed E-state index contributed by atoms with van der Waals surface area (Å²) in [5, 5.41) is 10.1. The van der Waals surface area contributed by atoms with E-state index in [0.717, 1.165) is 16.9 Å². The van der Waals surface area contributed by atoms with E-state index in [2.05, 4.69) is 10.2 Å². The first-order valence-corrected chi connectivity index (χ1v) is 9.30. The standard InChI is InChI=1S/C22H20N4O3/c1-16(27)21-14-20(24-26(21)19-6-3-2-4-7-19)22(28)29-15-17-8-10-18(11-9-17)25-13-5-12-23-25/h2-13,21H,14-15H2,1H3. The molecule has 0 radical (unpaired) electrons. The highest BCUT2D eigenvalue weighted by Crippen LogP contribution is 2.25. The summed E-state index contributed by atoms with van der Waals surface area (Å²) in [6.07, 6.45) is 3.81. The van der Waals surface area contributed by atoms with Crippen LogP contribution in [0, 0.1) is 0 Å². The minimum absolute atomic E-state index is 0.0467. The van der Waals surface area contributed by atoms with Gasteiger partial charge in [0.2, 0.25) is 0 Å². The number of carbonyl (C=O) groups excluding carboxylic acids is 2. The van der Waals surface area contributed by atoms with Gasteiger partial charge in [0, 0.05) is 18.8 Å². The number of benzene rings is 2. The number of anilines is 1. The number of nitrogens with zero attached hydrogens (tertiary/aromatic N) is 4. The van der Waals surface area contributed by atoms with Gasteiger partial charge in [-0.1, -0.05) is 30.3 Å². The maximum absolute atomic E-state index is 12.5. The molecule has 3 aromatic rings. The third kappa shape index (κ3) is 4.08. The van der Waals surface area contributed by atoms with E-state index in [9.17, 15) is 9.59 Å². The second kappa shape index (κ2) is 8.10. The van der Waals surface area contributed by atoms with Crippen molar-refractivity contribution in [2.45, 2.75) is 26.0 Å². The van der Waals surface area contributed by atoms with Crippen LogP contribution in [0.3, 0.4) is 0 Å². The first-order valence-electron chi connectivity index (χ1n) is 9.30. The first kappa shape index (κ1) is 18.6. The van der Waals surface area contributed by atoms with Crippen molar-refractivity contribution in [2.24, 2.45) is 5.10 Å². The van der Waals surface area contributed by atoms with Crippen LogP contribution in [0.1, 0.15) is 18.9 Å². The van der Waals surface area contributed by atoms with Gasteiger partial charge in [-0.05, 0) is 42.8 Å². The number of ether oxygens (including phenoxy) is 1. The predicted molar refractivity (Wildman–Crippen MR) is 109 cm³/mol. The van der Waals surface area contributed by atoms with Gasteiger partial charge in [0.25, 0.3) is 0 Å². The maximum atomic E-state index is 12.5. The Kier molecular flexibility index (Phi) is 5.20. The molecule has 146 valence electrons. The van der Waals surface area contributed by atoms with Gasteiger partial charge in [-0.25, -0.2) is 9.48 Å². The van der Waals surface area contributed by atoms with E-state index in [1.807, 2.05) is 66.9 Å². The summed E-state index contributed by atoms with van der Waals surface area (Å²) in [4.78, 5) is 24.5. The summed E-state index contributed by atoms with van der Waals surface area (Å²) in [6.45, 7) is 1.64. The Morgan fingerprint density at radius 2 is 1.79 bits per heavy atom. The fraction of sp³-hybridized carbons (Fsp3) is 0.182. The lowest BCUT2D eigenvalue weighted by atomic mass is 10.1. The fourth-order valence-corrected chi connectivity index (χ4v) is 3.17. The van der Waals surface area contributed by atoms with Crippen molar-refractivity contribution in [1.82, 2.24) is 9.78 Å². The Hall–Kier alpha value is -3.74. The monoisotopic (exact) mass is 388 g/mol. The molecular formula is C22H20N4O3. The Labute approximate surface area is 168 Å². The van der Waals surface area contributed by atoms with E-state index in [-0.39, 0.29) is 24.5 Å². The number of esters is 1. The van der Waals surface area contributed by atoms with Crippen molar-refractivity contribution in [3.05, 3.63) is 78.6 Å². The van der Waals surface area contributed by atoms with Gasteiger partial charge in [0.05, 0.1) is 11.4 Å². The average molecular weight is 388 g/mol. The van der Waals surface area contributed by atoms with E-state index in [1.54, 1.807) is 15.9 Å². The van der Waals surface area contributed by atoms with Crippen LogP contribution in [0.4, 0.5) is 5.69 Å². The minimum atomic E-state index is -0.508. The van der Waals surface area contributed by atoms with Crippen LogP contribution in [0.25, 0.3) is 5.69 Å². The van der Waals surface area contributed by atoms with Gasteiger partial charge < -0.3 is 4.74 Å². The summed E-state index contributed by atoms with van der Waals surface area (Å²) in [5.41, 5.74) is 2.80. The Balaban J connectivity index is 1.42. The van der Waals surface area contributed by atoms with Crippen molar-refractivity contribution in [2.75, 3.05) is 5.01 Å². The molecule has 0 spiro atoms. The topological polar surface area (TPSA) is 76.8 Å². The van der Waals surface area contributed by atoms with Crippen molar-refractivity contribution in [3.63, 3.8) is 0 Å². The van der Waals surface area contributed by atoms with Gasteiger partial charge in [0.15, 0.2) is 5.78 Å². The molecule has 4 rings (SSSR count). The molecule has 0 amide bonds. The molecule has 1 aliphatic rings. The van der Waals surface area contributed by atoms with Gasteiger partial charge >= 0.3 is 5.97 Å². The largest absolute Gasteiger partial charge is 0.456 e. The Bertz CT molecular complexity index is 1030. The molecule has 0 saturated heterocycles. The molecule has 0 bridgehead atoms. The maximum Gasteiger partial charge on any atom is 0.354 e. The van der Waals surface area contributed by atoms with Crippen LogP contribution < -0.4 is 5.01 Å². The SMILES string of the molecule is CC(=O)C1CC(C(=O)OCc2ccc(-n3cccn3)cc2)=NN1c1ccccc1. The number of hydrogen-bond acceptors (Lipinski definition) is 6. The fourth-order valence-electron chi connectivity index (χ4n) is 3.17. The number of para-hydroxylation sites is 1. The van der Waals surface area contributed by atoms with E-state index < -0.39 is 12.0 Å². The van der Waals surface area contributed by atoms with Crippen LogP contribution >= 0.6 is 0 Å². The third-order valence-corrected chi connectivity index (χ3v) is 4.71. The second-order valence-electron chi connectivity index (χ2n) is 6.75. The van der Waals surface area contributed by atoms with E-state index in [1.165, 1.54) is 6.92 Å². The van der Waals surface area contributed by atoms with Crippen LogP contribution in [0.2, 0.25) is 0 Å². The smallest absolute Gasteiger partial charge is 0.354 e. The molecule has 1 unspecified atom stereocenters. The molecule has 2 aromatic carbocycles. The molecule has 1 atom stereocenters. The molecule has 1 aliphatic heterocycles. The molecule has 2 heterocycles. The predicted octanol–water partition coefficient (Wildman–Crippen LogP) is 3.14. The lowest BCUT2D eigenvalue weighted by Crippen LogP contribution is -2.33. The molecule has 0 N–H and O–H groups in total. The van der Waals surface area contributed by atoms with Gasteiger partial charge in [-0.2, -0.15) is 10.2 Å². The molecule has 0 fully saturated rings. The van der Waals surface area contributed by atoms with Gasteiger partial charge in [0.1, 0.15) is 18.4 Å². The summed E-state index contributed by atoms with van der Waals surface area (Å²) >= 11 is 0. The summed E-state index contributed by atoms with van der Waals surface area (Å²) in [6, 6.07) is 18.3. The molecule has 7 nitrogen and oxygen atoms in total. The number of carbonyl (C=O) groups is 2. The zero-order valence-electron chi connectivity index (χ0n) is 15.9. The number of Topliss-reactive ketones (excluding diaryl/α,β-unsaturated/α-hetero) is 1. The lowest BCUT2D eigenvalue weighted by molar-refractivity contribution is -0.136. The molecule has 0 saturated carbocycles. The van der Waals surface area contributed by atoms with Crippen molar-refractivity contribution < 1.29 is 14.3 Å².